The van der Waals surface area contributed by atoms with Crippen molar-refractivity contribution in [3.63, 3.8) is 0 Å². The molecule has 0 atom stereocenters. The summed E-state index contributed by atoms with van der Waals surface area (Å²) in [4.78, 5) is 0. The molecule has 8 heteroatoms. The molecule has 0 heterocycles. The first-order valence-corrected chi connectivity index (χ1v) is 12.9. The Labute approximate surface area is 118 Å². The van der Waals surface area contributed by atoms with Crippen LogP contribution in [0.1, 0.15) is 0 Å². The molecule has 1 aromatic carbocycles. The molecule has 0 saturated heterocycles. The first-order valence-electron chi connectivity index (χ1n) is 6.07. The molecule has 0 bridgehead atoms. The summed E-state index contributed by atoms with van der Waals surface area (Å²) in [6, 6.07) is 0. The molecule has 0 unspecified atom stereocenters. The fourth-order valence-electron chi connectivity index (χ4n) is 1.39. The van der Waals surface area contributed by atoms with Crippen molar-refractivity contribution in [2.75, 3.05) is 0 Å². The quantitative estimate of drug-likeness (QED) is 0.346. The van der Waals surface area contributed by atoms with E-state index in [0.29, 0.717) is 0 Å². The van der Waals surface area contributed by atoms with Crippen LogP contribution in [0.5, 0.6) is 11.5 Å². The number of benzene rings is 1. The number of hydrogen-bond acceptors (Lipinski definition) is 2. The molecule has 2 nitrogen and oxygen atoms in total. The average Bonchev–Trinajstić information content (AvgIpc) is 2.25. The van der Waals surface area contributed by atoms with Gasteiger partial charge in [-0.05, 0) is 39.3 Å². The second kappa shape index (κ2) is 5.40. The summed E-state index contributed by atoms with van der Waals surface area (Å²) in [5.41, 5.74) is 0. The van der Waals surface area contributed by atoms with Crippen molar-refractivity contribution in [2.45, 2.75) is 39.3 Å². The van der Waals surface area contributed by atoms with Crippen LogP contribution in [0.2, 0.25) is 39.3 Å². The molecule has 1 aromatic rings. The predicted molar refractivity (Wildman–Crippen MR) is 74.2 cm³/mol. The Bertz CT molecular complexity index is 475. The van der Waals surface area contributed by atoms with E-state index < -0.39 is 51.4 Å². The molecule has 0 aromatic heterocycles. The van der Waals surface area contributed by atoms with Crippen molar-refractivity contribution in [1.82, 2.24) is 0 Å². The summed E-state index contributed by atoms with van der Waals surface area (Å²) in [6.45, 7) is 10.3. The minimum absolute atomic E-state index is 0.678. The Morgan fingerprint density at radius 2 is 0.800 bits per heavy atom. The lowest BCUT2D eigenvalue weighted by atomic mass is 10.2. The van der Waals surface area contributed by atoms with Crippen LogP contribution in [0.3, 0.4) is 0 Å². The Morgan fingerprint density at radius 1 is 0.550 bits per heavy atom. The van der Waals surface area contributed by atoms with E-state index in [0.717, 1.165) is 0 Å². The van der Waals surface area contributed by atoms with E-state index in [1.54, 1.807) is 39.3 Å². The molecule has 0 N–H and O–H groups in total. The molecule has 0 aliphatic carbocycles. The topological polar surface area (TPSA) is 18.5 Å². The van der Waals surface area contributed by atoms with Gasteiger partial charge in [-0.2, -0.15) is 8.78 Å². The molecular weight excluding hydrogens is 308 g/mol. The zero-order chi connectivity index (χ0) is 15.9. The first-order chi connectivity index (χ1) is 8.83. The molecule has 1 rings (SSSR count). The zero-order valence-electron chi connectivity index (χ0n) is 12.3. The van der Waals surface area contributed by atoms with Gasteiger partial charge in [0.15, 0.2) is 11.5 Å². The summed E-state index contributed by atoms with van der Waals surface area (Å²) >= 11 is 0. The lowest BCUT2D eigenvalue weighted by Crippen LogP contribution is -2.33. The third kappa shape index (κ3) is 3.98. The number of halogens is 4. The summed E-state index contributed by atoms with van der Waals surface area (Å²) < 4.78 is 65.1. The Balaban J connectivity index is 3.52. The Hall–Kier alpha value is -1.03. The highest BCUT2D eigenvalue weighted by Gasteiger charge is 2.33. The van der Waals surface area contributed by atoms with Crippen LogP contribution in [0.25, 0.3) is 0 Å². The van der Waals surface area contributed by atoms with E-state index in [2.05, 4.69) is 0 Å². The van der Waals surface area contributed by atoms with Crippen LogP contribution in [0.4, 0.5) is 17.6 Å². The van der Waals surface area contributed by atoms with Crippen molar-refractivity contribution >= 4 is 16.6 Å². The highest BCUT2D eigenvalue weighted by atomic mass is 28.4. The lowest BCUT2D eigenvalue weighted by Gasteiger charge is -2.26. The molecular formula is C12H18F4O2Si2. The van der Waals surface area contributed by atoms with Gasteiger partial charge in [0.1, 0.15) is 0 Å². The van der Waals surface area contributed by atoms with E-state index >= 15 is 0 Å². The fourth-order valence-corrected chi connectivity index (χ4v) is 2.98. The predicted octanol–water partition coefficient (Wildman–Crippen LogP) is 4.67. The summed E-state index contributed by atoms with van der Waals surface area (Å²) in [5.74, 6) is -8.25. The molecule has 0 radical (unpaired) electrons. The maximum Gasteiger partial charge on any atom is 0.242 e. The third-order valence-corrected chi connectivity index (χ3v) is 3.63. The lowest BCUT2D eigenvalue weighted by molar-refractivity contribution is 0.356. The van der Waals surface area contributed by atoms with Gasteiger partial charge in [-0.15, -0.1) is 0 Å². The smallest absolute Gasteiger partial charge is 0.242 e. The summed E-state index contributed by atoms with van der Waals surface area (Å²) in [5, 5.41) is 0. The van der Waals surface area contributed by atoms with Gasteiger partial charge in [-0.1, -0.05) is 0 Å². The van der Waals surface area contributed by atoms with Gasteiger partial charge in [-0.3, -0.25) is 0 Å². The molecule has 0 aliphatic rings. The normalized spacial score (nSPS) is 12.5. The number of rotatable bonds is 4. The summed E-state index contributed by atoms with van der Waals surface area (Å²) in [7, 11) is -4.72. The van der Waals surface area contributed by atoms with E-state index in [-0.39, 0.29) is 0 Å². The third-order valence-electron chi connectivity index (χ3n) is 2.00. The standard InChI is InChI=1S/C12H18F4O2Si2/c1-19(2,3)17-11-9(15)7(13)8(14)10(16)12(11)18-20(4,5)6/h1-6H3. The van der Waals surface area contributed by atoms with E-state index in [1.807, 2.05) is 0 Å². The van der Waals surface area contributed by atoms with Crippen molar-refractivity contribution in [3.8, 4) is 11.5 Å². The first kappa shape index (κ1) is 17.0. The van der Waals surface area contributed by atoms with Crippen LogP contribution in [-0.2, 0) is 0 Å². The molecule has 114 valence electrons. The fraction of sp³-hybridized carbons (Fsp3) is 0.500. The van der Waals surface area contributed by atoms with Crippen LogP contribution in [0.15, 0.2) is 0 Å². The van der Waals surface area contributed by atoms with Crippen molar-refractivity contribution < 1.29 is 26.4 Å². The molecule has 0 saturated carbocycles. The highest BCUT2D eigenvalue weighted by Crippen LogP contribution is 2.39. The maximum atomic E-state index is 13.9. The molecule has 0 aliphatic heterocycles. The van der Waals surface area contributed by atoms with Gasteiger partial charge in [0.25, 0.3) is 0 Å². The SMILES string of the molecule is C[Si](C)(C)Oc1c(F)c(F)c(F)c(F)c1O[Si](C)(C)C. The maximum absolute atomic E-state index is 13.9. The van der Waals surface area contributed by atoms with E-state index in [1.165, 1.54) is 0 Å². The van der Waals surface area contributed by atoms with E-state index in [4.69, 9.17) is 8.85 Å². The minimum Gasteiger partial charge on any atom is -0.540 e. The Morgan fingerprint density at radius 3 is 1.00 bits per heavy atom. The van der Waals surface area contributed by atoms with Gasteiger partial charge < -0.3 is 8.85 Å². The van der Waals surface area contributed by atoms with Crippen LogP contribution in [0, 0.1) is 23.3 Å². The molecule has 20 heavy (non-hydrogen) atoms. The zero-order valence-corrected chi connectivity index (χ0v) is 14.3. The van der Waals surface area contributed by atoms with Crippen molar-refractivity contribution in [1.29, 1.82) is 0 Å². The van der Waals surface area contributed by atoms with Crippen LogP contribution >= 0.6 is 0 Å². The largest absolute Gasteiger partial charge is 0.540 e. The summed E-state index contributed by atoms with van der Waals surface area (Å²) in [6.07, 6.45) is 0. The van der Waals surface area contributed by atoms with Gasteiger partial charge in [0.2, 0.25) is 39.9 Å². The monoisotopic (exact) mass is 326 g/mol. The van der Waals surface area contributed by atoms with Crippen molar-refractivity contribution in [2.24, 2.45) is 0 Å². The molecule has 0 spiro atoms. The van der Waals surface area contributed by atoms with Gasteiger partial charge in [0, 0.05) is 0 Å². The highest BCUT2D eigenvalue weighted by molar-refractivity contribution is 6.71. The van der Waals surface area contributed by atoms with Gasteiger partial charge in [0.05, 0.1) is 0 Å². The number of hydrogen-bond donors (Lipinski definition) is 0. The molecule has 0 amide bonds. The van der Waals surface area contributed by atoms with Crippen LogP contribution in [-0.4, -0.2) is 16.6 Å². The van der Waals surface area contributed by atoms with Crippen molar-refractivity contribution in [3.05, 3.63) is 23.3 Å². The second-order valence-corrected chi connectivity index (χ2v) is 15.2. The second-order valence-electron chi connectivity index (χ2n) is 6.34. The van der Waals surface area contributed by atoms with Gasteiger partial charge in [-0.25, -0.2) is 8.78 Å². The Kier molecular flexibility index (Phi) is 4.60. The minimum atomic E-state index is -2.36. The van der Waals surface area contributed by atoms with Gasteiger partial charge >= 0.3 is 0 Å². The van der Waals surface area contributed by atoms with E-state index in [9.17, 15) is 17.6 Å². The van der Waals surface area contributed by atoms with Crippen LogP contribution < -0.4 is 8.85 Å². The average molecular weight is 326 g/mol. The molecule has 0 fully saturated rings.